The number of aliphatic hydroxyl groups excluding tert-OH is 2. The maximum atomic E-state index is 11.4. The molecule has 0 aromatic rings. The summed E-state index contributed by atoms with van der Waals surface area (Å²) in [4.78, 5) is 0. The fourth-order valence-corrected chi connectivity index (χ4v) is 9.23. The molecule has 0 unspecified atom stereocenters. The molecule has 0 radical (unpaired) electrons. The Balaban J connectivity index is 1.49. The van der Waals surface area contributed by atoms with Crippen molar-refractivity contribution in [3.05, 3.63) is 0 Å². The first kappa shape index (κ1) is 23.1. The van der Waals surface area contributed by atoms with Crippen LogP contribution in [0.25, 0.3) is 0 Å². The van der Waals surface area contributed by atoms with Gasteiger partial charge in [0.2, 0.25) is 0 Å². The largest absolute Gasteiger partial charge is 0.393 e. The number of fused-ring (bicyclic) bond motifs is 5. The van der Waals surface area contributed by atoms with Crippen LogP contribution in [0.3, 0.4) is 0 Å². The molecule has 10 atom stereocenters. The lowest BCUT2D eigenvalue weighted by Crippen LogP contribution is -2.58. The average molecular weight is 421 g/mol. The van der Waals surface area contributed by atoms with Gasteiger partial charge in [0.05, 0.1) is 17.8 Å². The zero-order valence-electron chi connectivity index (χ0n) is 20.2. The van der Waals surface area contributed by atoms with Crippen LogP contribution in [0, 0.1) is 46.3 Å². The molecule has 0 heterocycles. The van der Waals surface area contributed by atoms with Crippen LogP contribution in [0.4, 0.5) is 0 Å². The van der Waals surface area contributed by atoms with E-state index in [4.69, 9.17) is 0 Å². The highest BCUT2D eigenvalue weighted by Crippen LogP contribution is 2.68. The Hall–Kier alpha value is -0.120. The van der Waals surface area contributed by atoms with Crippen molar-refractivity contribution in [3.63, 3.8) is 0 Å². The molecule has 4 aliphatic carbocycles. The van der Waals surface area contributed by atoms with Gasteiger partial charge in [-0.3, -0.25) is 0 Å². The summed E-state index contributed by atoms with van der Waals surface area (Å²) in [6.45, 7) is 11.4. The normalized spacial score (nSPS) is 49.8. The molecule has 3 heteroatoms. The number of hydrogen-bond acceptors (Lipinski definition) is 3. The molecule has 0 spiro atoms. The molecule has 3 N–H and O–H groups in total. The van der Waals surface area contributed by atoms with E-state index in [0.29, 0.717) is 40.4 Å². The number of rotatable bonds is 5. The summed E-state index contributed by atoms with van der Waals surface area (Å²) in [5, 5.41) is 31.7. The fourth-order valence-electron chi connectivity index (χ4n) is 9.23. The van der Waals surface area contributed by atoms with Crippen molar-refractivity contribution in [3.8, 4) is 0 Å². The zero-order chi connectivity index (χ0) is 21.9. The van der Waals surface area contributed by atoms with Gasteiger partial charge >= 0.3 is 0 Å². The van der Waals surface area contributed by atoms with Crippen LogP contribution in [-0.2, 0) is 0 Å². The van der Waals surface area contributed by atoms with E-state index in [1.165, 1.54) is 32.1 Å². The van der Waals surface area contributed by atoms with Crippen molar-refractivity contribution >= 4 is 0 Å². The van der Waals surface area contributed by atoms with Crippen molar-refractivity contribution in [2.24, 2.45) is 46.3 Å². The topological polar surface area (TPSA) is 60.7 Å². The predicted octanol–water partition coefficient (Wildman–Crippen LogP) is 5.55. The van der Waals surface area contributed by atoms with Crippen LogP contribution < -0.4 is 0 Å². The summed E-state index contributed by atoms with van der Waals surface area (Å²) >= 11 is 0. The van der Waals surface area contributed by atoms with Crippen molar-refractivity contribution in [2.75, 3.05) is 0 Å². The first-order valence-corrected chi connectivity index (χ1v) is 13.0. The van der Waals surface area contributed by atoms with Crippen LogP contribution in [0.1, 0.15) is 105 Å². The van der Waals surface area contributed by atoms with E-state index >= 15 is 0 Å². The Morgan fingerprint density at radius 2 is 1.60 bits per heavy atom. The minimum atomic E-state index is -0.550. The standard InChI is InChI=1S/C27H48O3/c1-17(7-6-12-25(2,3)30)20-8-9-21-24-22(11-14-27(20,21)5)26(4)13-10-19(28)15-18(26)16-23(24)29/h17-24,28-30H,6-16H2,1-5H3/t17-,18-,19+,20-,21+,22+,23+,24+,26+,27-/m1/s1. The molecule has 0 saturated heterocycles. The van der Waals surface area contributed by atoms with Gasteiger partial charge in [0, 0.05) is 0 Å². The van der Waals surface area contributed by atoms with E-state index in [2.05, 4.69) is 20.8 Å². The van der Waals surface area contributed by atoms with Crippen LogP contribution in [0.5, 0.6) is 0 Å². The summed E-state index contributed by atoms with van der Waals surface area (Å²) in [7, 11) is 0. The third kappa shape index (κ3) is 3.90. The minimum absolute atomic E-state index is 0.152. The fraction of sp³-hybridized carbons (Fsp3) is 1.00. The first-order chi connectivity index (χ1) is 14.0. The monoisotopic (exact) mass is 420 g/mol. The molecular weight excluding hydrogens is 372 g/mol. The lowest BCUT2D eigenvalue weighted by atomic mass is 9.43. The molecule has 0 bridgehead atoms. The summed E-state index contributed by atoms with van der Waals surface area (Å²) in [5.74, 6) is 3.73. The molecule has 0 aromatic carbocycles. The Kier molecular flexibility index (Phi) is 6.17. The Bertz CT molecular complexity index is 612. The van der Waals surface area contributed by atoms with Crippen molar-refractivity contribution in [1.82, 2.24) is 0 Å². The summed E-state index contributed by atoms with van der Waals surface area (Å²) in [6, 6.07) is 0. The second-order valence-electron chi connectivity index (χ2n) is 13.1. The summed E-state index contributed by atoms with van der Waals surface area (Å²) in [6.07, 6.45) is 12.0. The van der Waals surface area contributed by atoms with E-state index in [9.17, 15) is 15.3 Å². The van der Waals surface area contributed by atoms with Crippen LogP contribution in [0.2, 0.25) is 0 Å². The van der Waals surface area contributed by atoms with Gasteiger partial charge in [0.1, 0.15) is 0 Å². The minimum Gasteiger partial charge on any atom is -0.393 e. The summed E-state index contributed by atoms with van der Waals surface area (Å²) in [5.41, 5.74) is 0.139. The highest BCUT2D eigenvalue weighted by Gasteiger charge is 2.62. The molecule has 4 aliphatic rings. The van der Waals surface area contributed by atoms with Crippen molar-refractivity contribution in [2.45, 2.75) is 123 Å². The van der Waals surface area contributed by atoms with E-state index < -0.39 is 5.60 Å². The maximum Gasteiger partial charge on any atom is 0.0591 e. The van der Waals surface area contributed by atoms with Gasteiger partial charge in [-0.25, -0.2) is 0 Å². The van der Waals surface area contributed by atoms with E-state index in [1.54, 1.807) is 0 Å². The smallest absolute Gasteiger partial charge is 0.0591 e. The highest BCUT2D eigenvalue weighted by atomic mass is 16.3. The summed E-state index contributed by atoms with van der Waals surface area (Å²) < 4.78 is 0. The van der Waals surface area contributed by atoms with Gasteiger partial charge in [-0.1, -0.05) is 33.6 Å². The van der Waals surface area contributed by atoms with Gasteiger partial charge in [0.25, 0.3) is 0 Å². The quantitative estimate of drug-likeness (QED) is 0.546. The van der Waals surface area contributed by atoms with Crippen LogP contribution in [-0.4, -0.2) is 33.1 Å². The average Bonchev–Trinajstić information content (AvgIpc) is 2.99. The Morgan fingerprint density at radius 1 is 0.933 bits per heavy atom. The molecule has 30 heavy (non-hydrogen) atoms. The SMILES string of the molecule is C[C@H](CCCC(C)(C)O)[C@H]1CC[C@H]2[C@@H]3[C@@H](O)C[C@H]4C[C@@H](O)CC[C@]4(C)[C@H]3CC[C@]12C. The van der Waals surface area contributed by atoms with Gasteiger partial charge in [-0.15, -0.1) is 0 Å². The molecule has 3 nitrogen and oxygen atoms in total. The van der Waals surface area contributed by atoms with Crippen molar-refractivity contribution in [1.29, 1.82) is 0 Å². The zero-order valence-corrected chi connectivity index (χ0v) is 20.2. The molecule has 4 saturated carbocycles. The van der Waals surface area contributed by atoms with Gasteiger partial charge < -0.3 is 15.3 Å². The molecular formula is C27H48O3. The maximum absolute atomic E-state index is 11.4. The van der Waals surface area contributed by atoms with E-state index in [1.807, 2.05) is 13.8 Å². The van der Waals surface area contributed by atoms with Crippen molar-refractivity contribution < 1.29 is 15.3 Å². The van der Waals surface area contributed by atoms with Crippen LogP contribution in [0.15, 0.2) is 0 Å². The molecule has 174 valence electrons. The highest BCUT2D eigenvalue weighted by molar-refractivity contribution is 5.11. The lowest BCUT2D eigenvalue weighted by Gasteiger charge is -2.62. The first-order valence-electron chi connectivity index (χ1n) is 13.0. The van der Waals surface area contributed by atoms with E-state index in [0.717, 1.165) is 44.4 Å². The molecule has 4 fully saturated rings. The van der Waals surface area contributed by atoms with Crippen LogP contribution >= 0.6 is 0 Å². The lowest BCUT2D eigenvalue weighted by molar-refractivity contribution is -0.174. The number of aliphatic hydroxyl groups is 3. The Labute approximate surface area is 185 Å². The van der Waals surface area contributed by atoms with E-state index in [-0.39, 0.29) is 12.2 Å². The van der Waals surface area contributed by atoms with Gasteiger partial charge in [-0.2, -0.15) is 0 Å². The third-order valence-electron chi connectivity index (χ3n) is 10.9. The molecule has 0 aromatic heterocycles. The van der Waals surface area contributed by atoms with Gasteiger partial charge in [0.15, 0.2) is 0 Å². The third-order valence-corrected chi connectivity index (χ3v) is 10.9. The molecule has 0 aliphatic heterocycles. The molecule has 4 rings (SSSR count). The van der Waals surface area contributed by atoms with Gasteiger partial charge in [-0.05, 0) is 118 Å². The second-order valence-corrected chi connectivity index (χ2v) is 13.1. The molecule has 0 amide bonds. The predicted molar refractivity (Wildman–Crippen MR) is 122 cm³/mol. The Morgan fingerprint density at radius 3 is 2.30 bits per heavy atom. The second kappa shape index (κ2) is 8.03. The number of hydrogen-bond donors (Lipinski definition) is 3.